The van der Waals surface area contributed by atoms with Gasteiger partial charge in [0.05, 0.1) is 17.2 Å². The van der Waals surface area contributed by atoms with Gasteiger partial charge in [0.25, 0.3) is 5.89 Å². The molecule has 0 saturated carbocycles. The van der Waals surface area contributed by atoms with Crippen LogP contribution >= 0.6 is 0 Å². The van der Waals surface area contributed by atoms with Crippen molar-refractivity contribution in [3.63, 3.8) is 0 Å². The second kappa shape index (κ2) is 5.14. The quantitative estimate of drug-likeness (QED) is 0.916. The van der Waals surface area contributed by atoms with Gasteiger partial charge in [0.1, 0.15) is 0 Å². The van der Waals surface area contributed by atoms with E-state index in [-0.39, 0.29) is 22.7 Å². The van der Waals surface area contributed by atoms with E-state index < -0.39 is 17.8 Å². The van der Waals surface area contributed by atoms with Crippen LogP contribution in [-0.4, -0.2) is 10.1 Å². The highest BCUT2D eigenvalue weighted by Crippen LogP contribution is 2.37. The Kier molecular flexibility index (Phi) is 3.79. The number of hydrogen-bond donors (Lipinski definition) is 1. The molecule has 114 valence electrons. The molecule has 1 atom stereocenters. The van der Waals surface area contributed by atoms with Crippen molar-refractivity contribution in [3.05, 3.63) is 35.7 Å². The molecule has 0 fully saturated rings. The molecule has 1 aromatic carbocycles. The molecule has 0 saturated heterocycles. The van der Waals surface area contributed by atoms with Gasteiger partial charge in [-0.3, -0.25) is 0 Å². The molecule has 1 heterocycles. The third-order valence-corrected chi connectivity index (χ3v) is 3.12. The van der Waals surface area contributed by atoms with Gasteiger partial charge < -0.3 is 10.3 Å². The van der Waals surface area contributed by atoms with E-state index >= 15 is 0 Å². The number of rotatable bonds is 2. The fourth-order valence-corrected chi connectivity index (χ4v) is 1.77. The molecule has 0 radical (unpaired) electrons. The molecular weight excluding hydrogens is 283 g/mol. The first-order chi connectivity index (χ1) is 9.60. The molecule has 2 rings (SSSR count). The van der Waals surface area contributed by atoms with Crippen LogP contribution in [0.25, 0.3) is 11.5 Å². The predicted octanol–water partition coefficient (Wildman–Crippen LogP) is 3.80. The number of benzene rings is 1. The lowest BCUT2D eigenvalue weighted by molar-refractivity contribution is -0.137. The predicted molar refractivity (Wildman–Crippen MR) is 71.1 cm³/mol. The molecular formula is C14H16F3N3O. The maximum atomic E-state index is 13.0. The van der Waals surface area contributed by atoms with Gasteiger partial charge in [-0.15, -0.1) is 0 Å². The zero-order chi connectivity index (χ0) is 15.8. The standard InChI is InChI=1S/C14H16F3N3O/c1-13(2,3)10(18)11-19-12(21-20-11)8-6-4-5-7-9(8)14(15,16)17/h4-7,10H,18H2,1-3H3. The van der Waals surface area contributed by atoms with Crippen molar-refractivity contribution < 1.29 is 17.7 Å². The van der Waals surface area contributed by atoms with E-state index in [4.69, 9.17) is 10.3 Å². The van der Waals surface area contributed by atoms with Crippen LogP contribution in [0.4, 0.5) is 13.2 Å². The molecule has 2 N–H and O–H groups in total. The zero-order valence-corrected chi connectivity index (χ0v) is 11.9. The van der Waals surface area contributed by atoms with Gasteiger partial charge in [0.2, 0.25) is 0 Å². The fraction of sp³-hybridized carbons (Fsp3) is 0.429. The molecule has 2 aromatic rings. The lowest BCUT2D eigenvalue weighted by atomic mass is 9.87. The van der Waals surface area contributed by atoms with Gasteiger partial charge in [-0.05, 0) is 17.5 Å². The Morgan fingerprint density at radius 2 is 1.76 bits per heavy atom. The summed E-state index contributed by atoms with van der Waals surface area (Å²) in [5, 5.41) is 3.70. The van der Waals surface area contributed by atoms with E-state index in [1.165, 1.54) is 18.2 Å². The minimum absolute atomic E-state index is 0.148. The van der Waals surface area contributed by atoms with Gasteiger partial charge in [-0.25, -0.2) is 0 Å². The number of nitrogens with two attached hydrogens (primary N) is 1. The molecule has 4 nitrogen and oxygen atoms in total. The first-order valence-corrected chi connectivity index (χ1v) is 6.36. The van der Waals surface area contributed by atoms with Crippen molar-refractivity contribution in [2.24, 2.45) is 11.1 Å². The Hall–Kier alpha value is -1.89. The number of halogens is 3. The summed E-state index contributed by atoms with van der Waals surface area (Å²) in [5.41, 5.74) is 4.69. The SMILES string of the molecule is CC(C)(C)C(N)c1noc(-c2ccccc2C(F)(F)F)n1. The summed E-state index contributed by atoms with van der Waals surface area (Å²) in [6.45, 7) is 5.66. The molecule has 0 aliphatic carbocycles. The van der Waals surface area contributed by atoms with Crippen molar-refractivity contribution >= 4 is 0 Å². The van der Waals surface area contributed by atoms with E-state index in [1.54, 1.807) is 0 Å². The lowest BCUT2D eigenvalue weighted by Crippen LogP contribution is -2.27. The number of nitrogens with zero attached hydrogens (tertiary/aromatic N) is 2. The summed E-state index contributed by atoms with van der Waals surface area (Å²) < 4.78 is 43.9. The number of hydrogen-bond acceptors (Lipinski definition) is 4. The second-order valence-corrected chi connectivity index (χ2v) is 5.84. The van der Waals surface area contributed by atoms with Crippen molar-refractivity contribution in [2.75, 3.05) is 0 Å². The van der Waals surface area contributed by atoms with Crippen molar-refractivity contribution in [3.8, 4) is 11.5 Å². The molecule has 7 heteroatoms. The third-order valence-electron chi connectivity index (χ3n) is 3.12. The maximum Gasteiger partial charge on any atom is 0.417 e. The van der Waals surface area contributed by atoms with E-state index in [0.717, 1.165) is 6.07 Å². The van der Waals surface area contributed by atoms with Crippen LogP contribution in [-0.2, 0) is 6.18 Å². The van der Waals surface area contributed by atoms with E-state index in [2.05, 4.69) is 10.1 Å². The van der Waals surface area contributed by atoms with Crippen LogP contribution in [0.3, 0.4) is 0 Å². The minimum atomic E-state index is -4.49. The smallest absolute Gasteiger partial charge is 0.334 e. The first kappa shape index (κ1) is 15.5. The van der Waals surface area contributed by atoms with E-state index in [0.29, 0.717) is 0 Å². The van der Waals surface area contributed by atoms with E-state index in [1.807, 2.05) is 20.8 Å². The van der Waals surface area contributed by atoms with Crippen LogP contribution in [0.1, 0.15) is 38.2 Å². The Labute approximate surface area is 120 Å². The lowest BCUT2D eigenvalue weighted by Gasteiger charge is -2.23. The Morgan fingerprint density at radius 1 is 1.14 bits per heavy atom. The highest BCUT2D eigenvalue weighted by Gasteiger charge is 2.35. The summed E-state index contributed by atoms with van der Waals surface area (Å²) in [7, 11) is 0. The molecule has 1 unspecified atom stereocenters. The maximum absolute atomic E-state index is 13.0. The number of alkyl halides is 3. The van der Waals surface area contributed by atoms with Gasteiger partial charge in [-0.2, -0.15) is 18.2 Å². The van der Waals surface area contributed by atoms with Crippen LogP contribution in [0, 0.1) is 5.41 Å². The highest BCUT2D eigenvalue weighted by molar-refractivity contribution is 5.59. The second-order valence-electron chi connectivity index (χ2n) is 5.84. The number of aromatic nitrogens is 2. The summed E-state index contributed by atoms with van der Waals surface area (Å²) in [4.78, 5) is 4.02. The molecule has 0 aliphatic rings. The molecule has 0 aliphatic heterocycles. The molecule has 0 bridgehead atoms. The zero-order valence-electron chi connectivity index (χ0n) is 11.9. The summed E-state index contributed by atoms with van der Waals surface area (Å²) in [5.74, 6) is 0.00658. The Bertz CT molecular complexity index is 629. The average Bonchev–Trinajstić information content (AvgIpc) is 2.85. The topological polar surface area (TPSA) is 64.9 Å². The van der Waals surface area contributed by atoms with Gasteiger partial charge in [0.15, 0.2) is 5.82 Å². The van der Waals surface area contributed by atoms with Crippen LogP contribution in [0.5, 0.6) is 0 Å². The summed E-state index contributed by atoms with van der Waals surface area (Å²) >= 11 is 0. The normalized spacial score (nSPS) is 14.2. The van der Waals surface area contributed by atoms with Crippen molar-refractivity contribution in [2.45, 2.75) is 33.0 Å². The van der Waals surface area contributed by atoms with Crippen LogP contribution < -0.4 is 5.73 Å². The molecule has 1 aromatic heterocycles. The summed E-state index contributed by atoms with van der Waals surface area (Å²) in [6, 6.07) is 4.53. The largest absolute Gasteiger partial charge is 0.417 e. The van der Waals surface area contributed by atoms with Crippen molar-refractivity contribution in [1.82, 2.24) is 10.1 Å². The van der Waals surface area contributed by atoms with Gasteiger partial charge >= 0.3 is 6.18 Å². The minimum Gasteiger partial charge on any atom is -0.334 e. The first-order valence-electron chi connectivity index (χ1n) is 6.36. The highest BCUT2D eigenvalue weighted by atomic mass is 19.4. The van der Waals surface area contributed by atoms with Gasteiger partial charge in [-0.1, -0.05) is 38.1 Å². The van der Waals surface area contributed by atoms with Gasteiger partial charge in [0, 0.05) is 0 Å². The van der Waals surface area contributed by atoms with Crippen LogP contribution in [0.15, 0.2) is 28.8 Å². The monoisotopic (exact) mass is 299 g/mol. The van der Waals surface area contributed by atoms with Crippen molar-refractivity contribution in [1.29, 1.82) is 0 Å². The van der Waals surface area contributed by atoms with E-state index in [9.17, 15) is 13.2 Å². The van der Waals surface area contributed by atoms with Crippen LogP contribution in [0.2, 0.25) is 0 Å². The third kappa shape index (κ3) is 3.24. The molecule has 0 amide bonds. The average molecular weight is 299 g/mol. The fourth-order valence-electron chi connectivity index (χ4n) is 1.77. The Morgan fingerprint density at radius 3 is 2.33 bits per heavy atom. The summed E-state index contributed by atoms with van der Waals surface area (Å²) in [6.07, 6.45) is -4.49. The molecule has 21 heavy (non-hydrogen) atoms. The Balaban J connectivity index is 2.44. The molecule has 0 spiro atoms.